The maximum Gasteiger partial charge on any atom is 0.164 e. The largest absolute Gasteiger partial charge is 0.309 e. The normalized spacial score (nSPS) is 11.5. The molecular formula is C57H36N4S. The van der Waals surface area contributed by atoms with Gasteiger partial charge in [0.1, 0.15) is 0 Å². The van der Waals surface area contributed by atoms with Crippen molar-refractivity contribution >= 4 is 53.3 Å². The minimum Gasteiger partial charge on any atom is -0.309 e. The third-order valence-electron chi connectivity index (χ3n) is 11.9. The number of para-hydroxylation sites is 3. The molecule has 3 heterocycles. The molecule has 0 bridgehead atoms. The van der Waals surface area contributed by atoms with Crippen LogP contribution in [0.25, 0.3) is 115 Å². The molecule has 0 fully saturated rings. The van der Waals surface area contributed by atoms with E-state index in [1.54, 1.807) is 0 Å². The molecule has 0 spiro atoms. The molecule has 0 unspecified atom stereocenters. The summed E-state index contributed by atoms with van der Waals surface area (Å²) in [6.45, 7) is 0. The number of aromatic nitrogens is 4. The standard InChI is InChI=1S/C57H36N4S/c1-3-16-37(17-4-1)38-32-34-39(35-33-38)41-20-13-21-42(36-41)56-58-55(40-18-5-2-6-19-40)59-57(60-56)47-26-15-31-52-54(47)53-46(25-14-30-51(53)62-52)45-24-9-12-29-50(45)61-48-27-10-7-22-43(48)44-23-8-11-28-49(44)61/h1-36H. The highest BCUT2D eigenvalue weighted by atomic mass is 32.1. The van der Waals surface area contributed by atoms with Gasteiger partial charge in [0.25, 0.3) is 0 Å². The van der Waals surface area contributed by atoms with Gasteiger partial charge in [0.05, 0.1) is 16.7 Å². The summed E-state index contributed by atoms with van der Waals surface area (Å²) in [6.07, 6.45) is 0. The van der Waals surface area contributed by atoms with E-state index in [0.29, 0.717) is 17.5 Å². The lowest BCUT2D eigenvalue weighted by Gasteiger charge is -2.15. The van der Waals surface area contributed by atoms with Gasteiger partial charge in [-0.1, -0.05) is 182 Å². The van der Waals surface area contributed by atoms with Crippen molar-refractivity contribution in [1.29, 1.82) is 0 Å². The van der Waals surface area contributed by atoms with Crippen molar-refractivity contribution < 1.29 is 0 Å². The maximum absolute atomic E-state index is 5.33. The van der Waals surface area contributed by atoms with Crippen LogP contribution in [0, 0.1) is 0 Å². The third kappa shape index (κ3) is 6.09. The second kappa shape index (κ2) is 14.9. The first-order valence-electron chi connectivity index (χ1n) is 20.9. The predicted octanol–water partition coefficient (Wildman–Crippen LogP) is 15.3. The second-order valence-electron chi connectivity index (χ2n) is 15.5. The van der Waals surface area contributed by atoms with Gasteiger partial charge in [-0.05, 0) is 64.2 Å². The summed E-state index contributed by atoms with van der Waals surface area (Å²) >= 11 is 1.81. The van der Waals surface area contributed by atoms with E-state index in [0.717, 1.165) is 44.5 Å². The molecule has 0 aliphatic heterocycles. The Kier molecular flexibility index (Phi) is 8.65. The molecule has 0 saturated carbocycles. The van der Waals surface area contributed by atoms with E-state index in [1.165, 1.54) is 53.3 Å². The molecule has 4 nitrogen and oxygen atoms in total. The van der Waals surface area contributed by atoms with Crippen molar-refractivity contribution in [1.82, 2.24) is 19.5 Å². The van der Waals surface area contributed by atoms with Gasteiger partial charge in [-0.2, -0.15) is 0 Å². The van der Waals surface area contributed by atoms with Gasteiger partial charge in [-0.15, -0.1) is 11.3 Å². The van der Waals surface area contributed by atoms with Gasteiger partial charge in [-0.3, -0.25) is 0 Å². The summed E-state index contributed by atoms with van der Waals surface area (Å²) < 4.78 is 4.82. The Bertz CT molecular complexity index is 3570. The highest BCUT2D eigenvalue weighted by molar-refractivity contribution is 7.26. The number of hydrogen-bond donors (Lipinski definition) is 0. The highest BCUT2D eigenvalue weighted by Gasteiger charge is 2.22. The molecule has 9 aromatic carbocycles. The zero-order valence-corrected chi connectivity index (χ0v) is 34.3. The smallest absolute Gasteiger partial charge is 0.164 e. The van der Waals surface area contributed by atoms with Crippen molar-refractivity contribution in [2.75, 3.05) is 0 Å². The van der Waals surface area contributed by atoms with Crippen LogP contribution >= 0.6 is 11.3 Å². The van der Waals surface area contributed by atoms with Crippen LogP contribution in [0.5, 0.6) is 0 Å². The van der Waals surface area contributed by atoms with Gasteiger partial charge in [-0.25, -0.2) is 15.0 Å². The molecule has 0 saturated heterocycles. The van der Waals surface area contributed by atoms with E-state index in [1.807, 2.05) is 35.6 Å². The van der Waals surface area contributed by atoms with Gasteiger partial charge < -0.3 is 4.57 Å². The Hall–Kier alpha value is -7.99. The molecule has 12 aromatic rings. The van der Waals surface area contributed by atoms with Gasteiger partial charge in [0.2, 0.25) is 0 Å². The average molecular weight is 809 g/mol. The monoisotopic (exact) mass is 808 g/mol. The van der Waals surface area contributed by atoms with Crippen molar-refractivity contribution in [3.63, 3.8) is 0 Å². The average Bonchev–Trinajstić information content (AvgIpc) is 3.91. The van der Waals surface area contributed by atoms with Crippen molar-refractivity contribution in [3.05, 3.63) is 218 Å². The summed E-state index contributed by atoms with van der Waals surface area (Å²) in [5.74, 6) is 1.91. The number of thiophene rings is 1. The van der Waals surface area contributed by atoms with E-state index >= 15 is 0 Å². The Labute approximate surface area is 362 Å². The summed E-state index contributed by atoms with van der Waals surface area (Å²) in [4.78, 5) is 15.7. The van der Waals surface area contributed by atoms with E-state index in [9.17, 15) is 0 Å². The summed E-state index contributed by atoms with van der Waals surface area (Å²) in [5.41, 5.74) is 13.3. The van der Waals surface area contributed by atoms with Crippen LogP contribution in [0.1, 0.15) is 0 Å². The van der Waals surface area contributed by atoms with Crippen LogP contribution in [0.3, 0.4) is 0 Å². The van der Waals surface area contributed by atoms with Crippen molar-refractivity contribution in [2.24, 2.45) is 0 Å². The van der Waals surface area contributed by atoms with Gasteiger partial charge >= 0.3 is 0 Å². The predicted molar refractivity (Wildman–Crippen MR) is 260 cm³/mol. The van der Waals surface area contributed by atoms with Crippen LogP contribution in [-0.4, -0.2) is 19.5 Å². The Morgan fingerprint density at radius 3 is 1.45 bits per heavy atom. The Morgan fingerprint density at radius 1 is 0.306 bits per heavy atom. The number of hydrogen-bond acceptors (Lipinski definition) is 4. The minimum absolute atomic E-state index is 0.630. The molecule has 0 radical (unpaired) electrons. The van der Waals surface area contributed by atoms with E-state index in [-0.39, 0.29) is 0 Å². The highest BCUT2D eigenvalue weighted by Crippen LogP contribution is 2.46. The summed E-state index contributed by atoms with van der Waals surface area (Å²) in [5, 5.41) is 4.82. The number of benzene rings is 9. The van der Waals surface area contributed by atoms with Crippen LogP contribution in [0.2, 0.25) is 0 Å². The number of nitrogens with zero attached hydrogens (tertiary/aromatic N) is 4. The van der Waals surface area contributed by atoms with Crippen LogP contribution < -0.4 is 0 Å². The first-order chi connectivity index (χ1) is 30.7. The van der Waals surface area contributed by atoms with E-state index < -0.39 is 0 Å². The zero-order valence-electron chi connectivity index (χ0n) is 33.5. The lowest BCUT2D eigenvalue weighted by Crippen LogP contribution is -2.00. The minimum atomic E-state index is 0.630. The van der Waals surface area contributed by atoms with Crippen LogP contribution in [0.15, 0.2) is 218 Å². The quantitative estimate of drug-likeness (QED) is 0.161. The van der Waals surface area contributed by atoms with Gasteiger partial charge in [0.15, 0.2) is 17.5 Å². The molecule has 62 heavy (non-hydrogen) atoms. The molecule has 5 heteroatoms. The number of fused-ring (bicyclic) bond motifs is 6. The first-order valence-corrected chi connectivity index (χ1v) is 21.7. The third-order valence-corrected chi connectivity index (χ3v) is 13.0. The summed E-state index contributed by atoms with van der Waals surface area (Å²) in [6, 6.07) is 77.4. The fourth-order valence-electron chi connectivity index (χ4n) is 9.02. The molecule has 0 aliphatic rings. The number of rotatable bonds is 7. The molecule has 290 valence electrons. The van der Waals surface area contributed by atoms with Crippen molar-refractivity contribution in [2.45, 2.75) is 0 Å². The maximum atomic E-state index is 5.33. The first kappa shape index (κ1) is 35.9. The summed E-state index contributed by atoms with van der Waals surface area (Å²) in [7, 11) is 0. The molecule has 0 aliphatic carbocycles. The van der Waals surface area contributed by atoms with E-state index in [2.05, 4.69) is 199 Å². The molecular weight excluding hydrogens is 773 g/mol. The lowest BCUT2D eigenvalue weighted by molar-refractivity contribution is 1.08. The fourth-order valence-corrected chi connectivity index (χ4v) is 10.2. The van der Waals surface area contributed by atoms with Crippen LogP contribution in [-0.2, 0) is 0 Å². The second-order valence-corrected chi connectivity index (χ2v) is 16.6. The fraction of sp³-hybridized carbons (Fsp3) is 0. The Morgan fingerprint density at radius 2 is 0.758 bits per heavy atom. The van der Waals surface area contributed by atoms with Crippen molar-refractivity contribution in [3.8, 4) is 73.2 Å². The van der Waals surface area contributed by atoms with Gasteiger partial charge in [0, 0.05) is 53.2 Å². The van der Waals surface area contributed by atoms with Crippen LogP contribution in [0.4, 0.5) is 0 Å². The Balaban J connectivity index is 1.04. The molecule has 0 atom stereocenters. The molecule has 12 rings (SSSR count). The lowest BCUT2D eigenvalue weighted by atomic mass is 9.95. The van der Waals surface area contributed by atoms with E-state index in [4.69, 9.17) is 15.0 Å². The molecule has 0 N–H and O–H groups in total. The SMILES string of the molecule is c1ccc(-c2ccc(-c3cccc(-c4nc(-c5ccccc5)nc(-c5cccc6sc7cccc(-c8ccccc8-n8c9ccccc9c9ccccc98)c7c56)n4)c3)cc2)cc1. The topological polar surface area (TPSA) is 43.6 Å². The molecule has 3 aromatic heterocycles. The zero-order chi connectivity index (χ0) is 41.0. The molecule has 0 amide bonds.